The molecule has 9 nitrogen and oxygen atoms in total. The third-order valence-corrected chi connectivity index (χ3v) is 6.01. The third kappa shape index (κ3) is 8.22. The Hall–Kier alpha value is -3.17. The summed E-state index contributed by atoms with van der Waals surface area (Å²) < 4.78 is 16.6. The zero-order valence-corrected chi connectivity index (χ0v) is 20.4. The molecule has 1 aliphatic heterocycles. The lowest BCUT2D eigenvalue weighted by molar-refractivity contribution is -0.385. The van der Waals surface area contributed by atoms with Crippen LogP contribution in [0.5, 0.6) is 11.5 Å². The predicted octanol–water partition coefficient (Wildman–Crippen LogP) is 3.54. The second-order valence-corrected chi connectivity index (χ2v) is 8.83. The number of nitrogens with zero attached hydrogens (tertiary/aromatic N) is 2. The van der Waals surface area contributed by atoms with E-state index in [1.54, 1.807) is 13.0 Å². The normalized spacial score (nSPS) is 15.4. The smallest absolute Gasteiger partial charge is 0.310 e. The number of nitro benzene ring substituents is 1. The van der Waals surface area contributed by atoms with E-state index in [1.165, 1.54) is 17.7 Å². The number of β-amino-alcohol motifs (C(OH)–C–C–N with tert-alkyl or cyclic N) is 1. The molecule has 0 radical (unpaired) electrons. The molecule has 1 N–H and O–H groups in total. The summed E-state index contributed by atoms with van der Waals surface area (Å²) in [5, 5.41) is 21.9. The number of rotatable bonds is 12. The summed E-state index contributed by atoms with van der Waals surface area (Å²) in [6, 6.07) is 12.4. The molecule has 35 heavy (non-hydrogen) atoms. The van der Waals surface area contributed by atoms with Crippen LogP contribution in [0.2, 0.25) is 0 Å². The lowest BCUT2D eigenvalue weighted by Gasteiger charge is -2.33. The second kappa shape index (κ2) is 13.1. The van der Waals surface area contributed by atoms with Crippen molar-refractivity contribution >= 4 is 11.7 Å². The first-order valence-electron chi connectivity index (χ1n) is 12.0. The quantitative estimate of drug-likeness (QED) is 0.276. The van der Waals surface area contributed by atoms with Gasteiger partial charge in [-0.25, -0.2) is 0 Å². The first-order valence-corrected chi connectivity index (χ1v) is 12.0. The van der Waals surface area contributed by atoms with Crippen molar-refractivity contribution in [2.75, 3.05) is 39.5 Å². The Kier molecular flexibility index (Phi) is 9.86. The maximum atomic E-state index is 11.9. The number of carbonyl (C=O) groups is 1. The Morgan fingerprint density at radius 1 is 1.20 bits per heavy atom. The molecule has 0 saturated carbocycles. The summed E-state index contributed by atoms with van der Waals surface area (Å²) in [4.78, 5) is 25.0. The van der Waals surface area contributed by atoms with Crippen molar-refractivity contribution in [3.8, 4) is 11.5 Å². The average Bonchev–Trinajstić information content (AvgIpc) is 2.83. The molecule has 1 saturated heterocycles. The van der Waals surface area contributed by atoms with Crippen molar-refractivity contribution in [3.63, 3.8) is 0 Å². The molecule has 0 aromatic heterocycles. The van der Waals surface area contributed by atoms with Gasteiger partial charge in [0.15, 0.2) is 0 Å². The Balaban J connectivity index is 1.46. The SMILES string of the molecule is CCOC(=O)Cc1c(OCC(O)CN2CCC(COc3cccc(C)c3)CC2)cccc1[N+](=O)[O-]. The van der Waals surface area contributed by atoms with Crippen LogP contribution >= 0.6 is 0 Å². The number of benzene rings is 2. The summed E-state index contributed by atoms with van der Waals surface area (Å²) in [6.45, 7) is 6.68. The van der Waals surface area contributed by atoms with Crippen LogP contribution in [0, 0.1) is 23.0 Å². The number of esters is 1. The summed E-state index contributed by atoms with van der Waals surface area (Å²) in [5.41, 5.74) is 1.12. The van der Waals surface area contributed by atoms with Crippen molar-refractivity contribution in [3.05, 3.63) is 63.7 Å². The van der Waals surface area contributed by atoms with Crippen LogP contribution in [0.25, 0.3) is 0 Å². The van der Waals surface area contributed by atoms with E-state index in [9.17, 15) is 20.0 Å². The van der Waals surface area contributed by atoms with Gasteiger partial charge in [0, 0.05) is 12.6 Å². The van der Waals surface area contributed by atoms with Gasteiger partial charge in [-0.2, -0.15) is 0 Å². The van der Waals surface area contributed by atoms with Crippen molar-refractivity contribution in [2.45, 2.75) is 39.2 Å². The highest BCUT2D eigenvalue weighted by atomic mass is 16.6. The molecule has 1 fully saturated rings. The number of aryl methyl sites for hydroxylation is 1. The van der Waals surface area contributed by atoms with Gasteiger partial charge in [0.05, 0.1) is 30.1 Å². The van der Waals surface area contributed by atoms with E-state index in [0.29, 0.717) is 19.1 Å². The van der Waals surface area contributed by atoms with E-state index in [-0.39, 0.29) is 36.6 Å². The minimum atomic E-state index is -0.773. The predicted molar refractivity (Wildman–Crippen MR) is 131 cm³/mol. The molecule has 2 aromatic rings. The van der Waals surface area contributed by atoms with Crippen molar-refractivity contribution < 1.29 is 29.0 Å². The standard InChI is InChI=1S/C26H34N2O7/c1-3-33-26(30)15-23-24(28(31)32)8-5-9-25(23)35-18-21(29)16-27-12-10-20(11-13-27)17-34-22-7-4-6-19(2)14-22/h4-9,14,20-21,29H,3,10-13,15-18H2,1-2H3. The van der Waals surface area contributed by atoms with Crippen LogP contribution in [0.4, 0.5) is 5.69 Å². The van der Waals surface area contributed by atoms with Crippen LogP contribution in [0.3, 0.4) is 0 Å². The van der Waals surface area contributed by atoms with Crippen molar-refractivity contribution in [1.82, 2.24) is 4.90 Å². The van der Waals surface area contributed by atoms with Crippen LogP contribution < -0.4 is 9.47 Å². The number of aliphatic hydroxyl groups excluding tert-OH is 1. The van der Waals surface area contributed by atoms with E-state index in [4.69, 9.17) is 14.2 Å². The van der Waals surface area contributed by atoms with Gasteiger partial charge < -0.3 is 24.2 Å². The zero-order chi connectivity index (χ0) is 25.2. The molecule has 1 heterocycles. The second-order valence-electron chi connectivity index (χ2n) is 8.83. The van der Waals surface area contributed by atoms with E-state index in [1.807, 2.05) is 31.2 Å². The van der Waals surface area contributed by atoms with Crippen LogP contribution in [-0.4, -0.2) is 66.5 Å². The fourth-order valence-electron chi connectivity index (χ4n) is 4.19. The van der Waals surface area contributed by atoms with Gasteiger partial charge in [0.25, 0.3) is 5.69 Å². The number of likely N-dealkylation sites (tertiary alicyclic amines) is 1. The molecule has 0 aliphatic carbocycles. The van der Waals surface area contributed by atoms with Crippen LogP contribution in [-0.2, 0) is 16.0 Å². The Bertz CT molecular complexity index is 989. The number of hydrogen-bond acceptors (Lipinski definition) is 8. The van der Waals surface area contributed by atoms with Gasteiger partial charge in [-0.15, -0.1) is 0 Å². The maximum Gasteiger partial charge on any atom is 0.310 e. The Morgan fingerprint density at radius 3 is 2.63 bits per heavy atom. The summed E-state index contributed by atoms with van der Waals surface area (Å²) in [5.74, 6) is 0.999. The molecule has 2 aromatic carbocycles. The number of nitro groups is 1. The first-order chi connectivity index (χ1) is 16.9. The minimum absolute atomic E-state index is 0.0343. The largest absolute Gasteiger partial charge is 0.493 e. The van der Waals surface area contributed by atoms with Crippen molar-refractivity contribution in [2.24, 2.45) is 5.92 Å². The van der Waals surface area contributed by atoms with Gasteiger partial charge >= 0.3 is 5.97 Å². The monoisotopic (exact) mass is 486 g/mol. The van der Waals surface area contributed by atoms with Gasteiger partial charge in [-0.1, -0.05) is 18.2 Å². The molecule has 190 valence electrons. The Labute approximate surface area is 205 Å². The van der Waals surface area contributed by atoms with Gasteiger partial charge in [0.1, 0.15) is 24.2 Å². The molecule has 0 spiro atoms. The Morgan fingerprint density at radius 2 is 1.94 bits per heavy atom. The fourth-order valence-corrected chi connectivity index (χ4v) is 4.19. The molecule has 0 bridgehead atoms. The fraction of sp³-hybridized carbons (Fsp3) is 0.500. The number of ether oxygens (including phenoxy) is 3. The molecule has 0 amide bonds. The van der Waals surface area contributed by atoms with E-state index in [0.717, 1.165) is 31.7 Å². The number of carbonyl (C=O) groups excluding carboxylic acids is 1. The maximum absolute atomic E-state index is 11.9. The lowest BCUT2D eigenvalue weighted by atomic mass is 9.97. The van der Waals surface area contributed by atoms with E-state index in [2.05, 4.69) is 4.90 Å². The summed E-state index contributed by atoms with van der Waals surface area (Å²) in [6.07, 6.45) is 0.918. The summed E-state index contributed by atoms with van der Waals surface area (Å²) in [7, 11) is 0. The molecular weight excluding hydrogens is 452 g/mol. The van der Waals surface area contributed by atoms with Gasteiger partial charge in [-0.05, 0) is 69.5 Å². The molecule has 9 heteroatoms. The molecule has 1 atom stereocenters. The lowest BCUT2D eigenvalue weighted by Crippen LogP contribution is -2.41. The average molecular weight is 487 g/mol. The van der Waals surface area contributed by atoms with Gasteiger partial charge in [-0.3, -0.25) is 14.9 Å². The summed E-state index contributed by atoms with van der Waals surface area (Å²) >= 11 is 0. The highest BCUT2D eigenvalue weighted by Crippen LogP contribution is 2.29. The topological polar surface area (TPSA) is 111 Å². The number of hydrogen-bond donors (Lipinski definition) is 1. The highest BCUT2D eigenvalue weighted by Gasteiger charge is 2.24. The third-order valence-electron chi connectivity index (χ3n) is 6.01. The van der Waals surface area contributed by atoms with Crippen LogP contribution in [0.15, 0.2) is 42.5 Å². The number of piperidine rings is 1. The number of aliphatic hydroxyl groups is 1. The minimum Gasteiger partial charge on any atom is -0.493 e. The first kappa shape index (κ1) is 26.4. The molecule has 3 rings (SSSR count). The highest BCUT2D eigenvalue weighted by molar-refractivity contribution is 5.75. The van der Waals surface area contributed by atoms with E-state index < -0.39 is 17.0 Å². The molecule has 1 unspecified atom stereocenters. The zero-order valence-electron chi connectivity index (χ0n) is 20.4. The molecule has 1 aliphatic rings. The van der Waals surface area contributed by atoms with Gasteiger partial charge in [0.2, 0.25) is 0 Å². The molecular formula is C26H34N2O7. The van der Waals surface area contributed by atoms with Crippen molar-refractivity contribution in [1.29, 1.82) is 0 Å². The van der Waals surface area contributed by atoms with E-state index >= 15 is 0 Å². The van der Waals surface area contributed by atoms with Crippen LogP contribution in [0.1, 0.15) is 30.9 Å².